The van der Waals surface area contributed by atoms with Gasteiger partial charge in [-0.2, -0.15) is 4.98 Å². The third kappa shape index (κ3) is 4.10. The molecule has 2 heterocycles. The van der Waals surface area contributed by atoms with E-state index in [9.17, 15) is 4.79 Å². The highest BCUT2D eigenvalue weighted by Gasteiger charge is 2.50. The fourth-order valence-electron chi connectivity index (χ4n) is 3.49. The van der Waals surface area contributed by atoms with E-state index < -0.39 is 14.1 Å². The Morgan fingerprint density at radius 2 is 2.00 bits per heavy atom. The first-order valence-corrected chi connectivity index (χ1v) is 12.8. The molecule has 0 spiro atoms. The molecule has 28 heavy (non-hydrogen) atoms. The lowest BCUT2D eigenvalue weighted by atomic mass is 10.1. The number of ether oxygens (including phenoxy) is 2. The number of fused-ring (bicyclic) bond motifs is 1. The molecule has 0 saturated carbocycles. The minimum Gasteiger partial charge on any atom is -0.417 e. The van der Waals surface area contributed by atoms with E-state index in [-0.39, 0.29) is 34.8 Å². The van der Waals surface area contributed by atoms with Crippen LogP contribution in [0.2, 0.25) is 18.1 Å². The van der Waals surface area contributed by atoms with Crippen LogP contribution in [-0.2, 0) is 13.9 Å². The Labute approximate surface area is 168 Å². The van der Waals surface area contributed by atoms with Crippen LogP contribution < -0.4 is 11.4 Å². The van der Waals surface area contributed by atoms with Crippen molar-refractivity contribution in [3.05, 3.63) is 34.4 Å². The van der Waals surface area contributed by atoms with E-state index in [1.807, 2.05) is 13.8 Å². The van der Waals surface area contributed by atoms with Gasteiger partial charge < -0.3 is 19.6 Å². The first kappa shape index (κ1) is 21.2. The Bertz CT molecular complexity index is 825. The van der Waals surface area contributed by atoms with Gasteiger partial charge in [0.25, 0.3) is 0 Å². The summed E-state index contributed by atoms with van der Waals surface area (Å²) in [5.74, 6) is -0.482. The van der Waals surface area contributed by atoms with Gasteiger partial charge in [-0.15, -0.1) is 0 Å². The zero-order valence-electron chi connectivity index (χ0n) is 18.0. The van der Waals surface area contributed by atoms with Crippen LogP contribution in [0.15, 0.2) is 28.7 Å². The second-order valence-corrected chi connectivity index (χ2v) is 14.5. The second kappa shape index (κ2) is 7.09. The van der Waals surface area contributed by atoms with Gasteiger partial charge in [0.2, 0.25) is 0 Å². The quantitative estimate of drug-likeness (QED) is 0.595. The first-order valence-electron chi connectivity index (χ1n) is 9.86. The van der Waals surface area contributed by atoms with Crippen molar-refractivity contribution < 1.29 is 13.9 Å². The zero-order valence-corrected chi connectivity index (χ0v) is 19.0. The standard InChI is InChI=1S/C20H33N3O4Si/c1-19(2,3)28(6,7)25-11-9-13-12-14(17-16(13)26-20(4,5)27-17)23-10-8-15(21)22-18(23)24/h8,10,12,14,16-17H,9,11H2,1-7H3,(H2,21,22,24)/t14-,16-,17+/m1/s1. The fraction of sp³-hybridized carbons (Fsp3) is 0.700. The fourth-order valence-corrected chi connectivity index (χ4v) is 4.54. The van der Waals surface area contributed by atoms with Gasteiger partial charge in [0, 0.05) is 12.8 Å². The van der Waals surface area contributed by atoms with Crippen LogP contribution in [0, 0.1) is 0 Å². The molecule has 2 N–H and O–H groups in total. The van der Waals surface area contributed by atoms with Crippen LogP contribution in [0.3, 0.4) is 0 Å². The van der Waals surface area contributed by atoms with E-state index in [1.54, 1.807) is 16.8 Å². The van der Waals surface area contributed by atoms with Crippen LogP contribution in [0.25, 0.3) is 0 Å². The molecule has 3 atom stereocenters. The molecule has 7 nitrogen and oxygen atoms in total. The predicted octanol–water partition coefficient (Wildman–Crippen LogP) is 3.24. The molecule has 1 aliphatic heterocycles. The molecule has 156 valence electrons. The monoisotopic (exact) mass is 407 g/mol. The number of nitrogens with two attached hydrogens (primary N) is 1. The van der Waals surface area contributed by atoms with Crippen molar-refractivity contribution in [2.45, 2.75) is 83.2 Å². The molecular formula is C20H33N3O4Si. The number of hydrogen-bond donors (Lipinski definition) is 1. The van der Waals surface area contributed by atoms with E-state index in [2.05, 4.69) is 44.9 Å². The largest absolute Gasteiger partial charge is 0.417 e. The zero-order chi connectivity index (χ0) is 20.9. The second-order valence-electron chi connectivity index (χ2n) is 9.65. The summed E-state index contributed by atoms with van der Waals surface area (Å²) in [6.45, 7) is 15.6. The van der Waals surface area contributed by atoms with Crippen molar-refractivity contribution in [1.82, 2.24) is 9.55 Å². The third-order valence-corrected chi connectivity index (χ3v) is 10.6. The minimum atomic E-state index is -1.81. The van der Waals surface area contributed by atoms with Gasteiger partial charge in [0.05, 0.1) is 6.04 Å². The summed E-state index contributed by atoms with van der Waals surface area (Å²) in [6, 6.07) is 1.36. The van der Waals surface area contributed by atoms with Gasteiger partial charge in [-0.05, 0) is 50.0 Å². The first-order chi connectivity index (χ1) is 12.8. The molecular weight excluding hydrogens is 374 g/mol. The van der Waals surface area contributed by atoms with E-state index in [4.69, 9.17) is 19.6 Å². The Balaban J connectivity index is 1.81. The minimum absolute atomic E-state index is 0.167. The number of rotatable bonds is 5. The Kier molecular flexibility index (Phi) is 5.37. The third-order valence-electron chi connectivity index (χ3n) is 6.05. The van der Waals surface area contributed by atoms with Gasteiger partial charge >= 0.3 is 5.69 Å². The van der Waals surface area contributed by atoms with E-state index >= 15 is 0 Å². The van der Waals surface area contributed by atoms with Crippen LogP contribution in [0.5, 0.6) is 0 Å². The molecule has 1 aliphatic carbocycles. The van der Waals surface area contributed by atoms with E-state index in [0.29, 0.717) is 6.61 Å². The number of nitrogens with zero attached hydrogens (tertiary/aromatic N) is 2. The molecule has 0 aromatic carbocycles. The highest BCUT2D eigenvalue weighted by Crippen LogP contribution is 2.44. The van der Waals surface area contributed by atoms with Crippen LogP contribution in [0.1, 0.15) is 47.1 Å². The highest BCUT2D eigenvalue weighted by atomic mass is 28.4. The van der Waals surface area contributed by atoms with E-state index in [1.165, 1.54) is 0 Å². The molecule has 0 unspecified atom stereocenters. The molecule has 1 aromatic heterocycles. The predicted molar refractivity (Wildman–Crippen MR) is 112 cm³/mol. The van der Waals surface area contributed by atoms with Crippen LogP contribution >= 0.6 is 0 Å². The van der Waals surface area contributed by atoms with Crippen molar-refractivity contribution in [2.24, 2.45) is 0 Å². The van der Waals surface area contributed by atoms with Crippen molar-refractivity contribution in [1.29, 1.82) is 0 Å². The average Bonchev–Trinajstić information content (AvgIpc) is 3.00. The SMILES string of the molecule is CC1(C)O[C@@H]2[C@H](O1)C(CCO[Si](C)(C)C(C)(C)C)=C[C@H]2n1ccc(N)nc1=O. The molecule has 1 saturated heterocycles. The summed E-state index contributed by atoms with van der Waals surface area (Å²) >= 11 is 0. The molecule has 8 heteroatoms. The summed E-state index contributed by atoms with van der Waals surface area (Å²) < 4.78 is 20.2. The normalized spacial score (nSPS) is 27.0. The van der Waals surface area contributed by atoms with Gasteiger partial charge in [-0.1, -0.05) is 26.8 Å². The summed E-state index contributed by atoms with van der Waals surface area (Å²) in [5, 5.41) is 0.167. The van der Waals surface area contributed by atoms with Crippen molar-refractivity contribution in [3.8, 4) is 0 Å². The maximum atomic E-state index is 12.4. The molecule has 2 aliphatic rings. The summed E-state index contributed by atoms with van der Waals surface area (Å²) in [4.78, 5) is 16.2. The average molecular weight is 408 g/mol. The van der Waals surface area contributed by atoms with Gasteiger partial charge in [-0.3, -0.25) is 4.57 Å². The van der Waals surface area contributed by atoms with E-state index in [0.717, 1.165) is 12.0 Å². The summed E-state index contributed by atoms with van der Waals surface area (Å²) in [5.41, 5.74) is 6.37. The maximum Gasteiger partial charge on any atom is 0.350 e. The highest BCUT2D eigenvalue weighted by molar-refractivity contribution is 6.74. The van der Waals surface area contributed by atoms with Crippen molar-refractivity contribution >= 4 is 14.1 Å². The molecule has 0 radical (unpaired) electrons. The lowest BCUT2D eigenvalue weighted by molar-refractivity contribution is -0.148. The molecule has 0 bridgehead atoms. The van der Waals surface area contributed by atoms with Gasteiger partial charge in [0.15, 0.2) is 14.1 Å². The topological polar surface area (TPSA) is 88.6 Å². The lowest BCUT2D eigenvalue weighted by Gasteiger charge is -2.36. The van der Waals surface area contributed by atoms with Gasteiger partial charge in [0.1, 0.15) is 18.0 Å². The number of anilines is 1. The smallest absolute Gasteiger partial charge is 0.350 e. The maximum absolute atomic E-state index is 12.4. The Morgan fingerprint density at radius 3 is 2.61 bits per heavy atom. The molecule has 1 aromatic rings. The molecule has 1 fully saturated rings. The van der Waals surface area contributed by atoms with Crippen LogP contribution in [-0.4, -0.2) is 42.5 Å². The summed E-state index contributed by atoms with van der Waals surface area (Å²) in [6.07, 6.45) is 4.04. The van der Waals surface area contributed by atoms with Crippen molar-refractivity contribution in [3.63, 3.8) is 0 Å². The lowest BCUT2D eigenvalue weighted by Crippen LogP contribution is -2.41. The molecule has 3 rings (SSSR count). The number of nitrogen functional groups attached to an aromatic ring is 1. The Hall–Kier alpha value is -1.48. The number of aromatic nitrogens is 2. The van der Waals surface area contributed by atoms with Crippen molar-refractivity contribution in [2.75, 3.05) is 12.3 Å². The molecule has 0 amide bonds. The Morgan fingerprint density at radius 1 is 1.32 bits per heavy atom. The number of hydrogen-bond acceptors (Lipinski definition) is 6. The van der Waals surface area contributed by atoms with Gasteiger partial charge in [-0.25, -0.2) is 4.79 Å². The van der Waals surface area contributed by atoms with Crippen LogP contribution in [0.4, 0.5) is 5.82 Å². The summed E-state index contributed by atoms with van der Waals surface area (Å²) in [7, 11) is -1.81.